The average Bonchev–Trinajstić information content (AvgIpc) is 1.97. The predicted octanol–water partition coefficient (Wildman–Crippen LogP) is -1.91. The second-order valence-corrected chi connectivity index (χ2v) is 2.91. The van der Waals surface area contributed by atoms with Crippen molar-refractivity contribution in [1.82, 2.24) is 0 Å². The van der Waals surface area contributed by atoms with Crippen molar-refractivity contribution < 1.29 is 61.3 Å². The summed E-state index contributed by atoms with van der Waals surface area (Å²) in [4.78, 5) is 9.92. The molecule has 0 amide bonds. The molecule has 0 saturated heterocycles. The van der Waals surface area contributed by atoms with Crippen molar-refractivity contribution in [2.45, 2.75) is 31.6 Å². The van der Waals surface area contributed by atoms with Crippen LogP contribution in [-0.4, -0.2) is 11.3 Å². The Morgan fingerprint density at radius 2 is 2.17 bits per heavy atom. The Hall–Kier alpha value is 1.14. The van der Waals surface area contributed by atoms with Crippen LogP contribution in [0.2, 0.25) is 0 Å². The van der Waals surface area contributed by atoms with Crippen LogP contribution >= 0.6 is 11.6 Å². The molecule has 0 aliphatic rings. The number of carbonyl (C=O) groups is 1. The second-order valence-electron chi connectivity index (χ2n) is 2.29. The molecule has 0 heterocycles. The normalized spacial score (nSPS) is 12.5. The molecule has 4 heteroatoms. The van der Waals surface area contributed by atoms with E-state index in [1.54, 1.807) is 12.2 Å². The van der Waals surface area contributed by atoms with Crippen LogP contribution in [-0.2, 0) is 4.79 Å². The van der Waals surface area contributed by atoms with E-state index in [2.05, 4.69) is 0 Å². The van der Waals surface area contributed by atoms with Gasteiger partial charge in [0.2, 0.25) is 0 Å². The largest absolute Gasteiger partial charge is 1.00 e. The molecular formula is C8H12ClKO2. The Morgan fingerprint density at radius 1 is 1.58 bits per heavy atom. The topological polar surface area (TPSA) is 40.1 Å². The number of allylic oxidation sites excluding steroid dienone is 1. The zero-order valence-electron chi connectivity index (χ0n) is 7.55. The van der Waals surface area contributed by atoms with Gasteiger partial charge in [0.25, 0.3) is 0 Å². The SMILES string of the molecule is CCC(Cl)C/C=C/CC(=O)[O-].[K+]. The van der Waals surface area contributed by atoms with E-state index in [1.807, 2.05) is 6.92 Å². The number of rotatable bonds is 5. The number of carbonyl (C=O) groups excluding carboxylic acids is 1. The molecule has 0 spiro atoms. The number of alkyl halides is 1. The first-order valence-corrected chi connectivity index (χ1v) is 4.09. The van der Waals surface area contributed by atoms with Crippen LogP contribution < -0.4 is 56.5 Å². The maximum Gasteiger partial charge on any atom is 1.00 e. The van der Waals surface area contributed by atoms with E-state index in [1.165, 1.54) is 0 Å². The number of hydrogen-bond donors (Lipinski definition) is 0. The molecule has 12 heavy (non-hydrogen) atoms. The van der Waals surface area contributed by atoms with Crippen LogP contribution in [0.15, 0.2) is 12.2 Å². The monoisotopic (exact) mass is 214 g/mol. The minimum Gasteiger partial charge on any atom is -0.550 e. The first-order chi connectivity index (χ1) is 5.16. The van der Waals surface area contributed by atoms with Gasteiger partial charge in [-0.1, -0.05) is 19.1 Å². The van der Waals surface area contributed by atoms with E-state index in [0.717, 1.165) is 12.8 Å². The minimum absolute atomic E-state index is 0. The summed E-state index contributed by atoms with van der Waals surface area (Å²) in [6.07, 6.45) is 4.95. The molecule has 0 aromatic rings. The first-order valence-electron chi connectivity index (χ1n) is 3.65. The van der Waals surface area contributed by atoms with Gasteiger partial charge in [0.15, 0.2) is 0 Å². The fraction of sp³-hybridized carbons (Fsp3) is 0.625. The van der Waals surface area contributed by atoms with Gasteiger partial charge in [-0.3, -0.25) is 0 Å². The Morgan fingerprint density at radius 3 is 2.58 bits per heavy atom. The van der Waals surface area contributed by atoms with Crippen LogP contribution in [0.1, 0.15) is 26.2 Å². The molecule has 0 saturated carbocycles. The summed E-state index contributed by atoms with van der Waals surface area (Å²) in [5, 5.41) is 10.0. The molecule has 0 aliphatic heterocycles. The van der Waals surface area contributed by atoms with E-state index < -0.39 is 5.97 Å². The number of aliphatic carboxylic acids is 1. The fourth-order valence-corrected chi connectivity index (χ4v) is 0.693. The average molecular weight is 215 g/mol. The van der Waals surface area contributed by atoms with Gasteiger partial charge in [0, 0.05) is 17.8 Å². The molecule has 0 N–H and O–H groups in total. The van der Waals surface area contributed by atoms with E-state index >= 15 is 0 Å². The van der Waals surface area contributed by atoms with E-state index in [9.17, 15) is 9.90 Å². The van der Waals surface area contributed by atoms with Crippen molar-refractivity contribution in [1.29, 1.82) is 0 Å². The van der Waals surface area contributed by atoms with Gasteiger partial charge in [-0.15, -0.1) is 11.6 Å². The zero-order valence-corrected chi connectivity index (χ0v) is 11.4. The second kappa shape index (κ2) is 10.2. The van der Waals surface area contributed by atoms with Gasteiger partial charge in [0.1, 0.15) is 0 Å². The third-order valence-electron chi connectivity index (χ3n) is 1.29. The molecule has 0 rings (SSSR count). The van der Waals surface area contributed by atoms with E-state index in [4.69, 9.17) is 11.6 Å². The third kappa shape index (κ3) is 11.1. The van der Waals surface area contributed by atoms with Crippen molar-refractivity contribution >= 4 is 17.6 Å². The minimum atomic E-state index is -1.05. The number of carboxylic acid groups (broad SMARTS) is 1. The quantitative estimate of drug-likeness (QED) is 0.305. The van der Waals surface area contributed by atoms with E-state index in [0.29, 0.717) is 0 Å². The van der Waals surface area contributed by atoms with Crippen LogP contribution in [0.25, 0.3) is 0 Å². The number of halogens is 1. The maximum absolute atomic E-state index is 9.92. The molecule has 0 aliphatic carbocycles. The van der Waals surface area contributed by atoms with Gasteiger partial charge in [-0.25, -0.2) is 0 Å². The molecule has 1 unspecified atom stereocenters. The molecule has 1 atom stereocenters. The smallest absolute Gasteiger partial charge is 0.550 e. The van der Waals surface area contributed by atoms with Crippen molar-refractivity contribution in [3.63, 3.8) is 0 Å². The Balaban J connectivity index is 0. The van der Waals surface area contributed by atoms with E-state index in [-0.39, 0.29) is 63.2 Å². The molecule has 2 nitrogen and oxygen atoms in total. The van der Waals surface area contributed by atoms with Crippen molar-refractivity contribution in [3.05, 3.63) is 12.2 Å². The van der Waals surface area contributed by atoms with Crippen LogP contribution in [0.5, 0.6) is 0 Å². The van der Waals surface area contributed by atoms with Gasteiger partial charge in [-0.2, -0.15) is 0 Å². The number of hydrogen-bond acceptors (Lipinski definition) is 2. The Labute approximate surface area is 121 Å². The molecule has 0 fully saturated rings. The summed E-state index contributed by atoms with van der Waals surface area (Å²) in [5.41, 5.74) is 0. The fourth-order valence-electron chi connectivity index (χ4n) is 0.590. The zero-order chi connectivity index (χ0) is 8.69. The Kier molecular flexibility index (Phi) is 13.3. The first kappa shape index (κ1) is 15.6. The van der Waals surface area contributed by atoms with Gasteiger partial charge >= 0.3 is 51.4 Å². The molecule has 0 aromatic carbocycles. The summed E-state index contributed by atoms with van der Waals surface area (Å²) in [7, 11) is 0. The molecule has 0 radical (unpaired) electrons. The summed E-state index contributed by atoms with van der Waals surface area (Å²) in [5.74, 6) is -1.05. The summed E-state index contributed by atoms with van der Waals surface area (Å²) >= 11 is 5.77. The molecular weight excluding hydrogens is 203 g/mol. The molecule has 0 aromatic heterocycles. The number of carboxylic acids is 1. The van der Waals surface area contributed by atoms with Crippen molar-refractivity contribution in [3.8, 4) is 0 Å². The van der Waals surface area contributed by atoms with Gasteiger partial charge in [-0.05, 0) is 12.8 Å². The Bertz CT molecular complexity index is 148. The summed E-state index contributed by atoms with van der Waals surface area (Å²) in [6.45, 7) is 1.99. The predicted molar refractivity (Wildman–Crippen MR) is 43.3 cm³/mol. The standard InChI is InChI=1S/C8H13ClO2.K/c1-2-7(9)5-3-4-6-8(10)11;/h3-4,7H,2,5-6H2,1H3,(H,10,11);/q;+1/p-1/b4-3+;. The van der Waals surface area contributed by atoms with Crippen LogP contribution in [0.4, 0.5) is 0 Å². The third-order valence-corrected chi connectivity index (χ3v) is 1.77. The molecule has 0 bridgehead atoms. The van der Waals surface area contributed by atoms with Crippen molar-refractivity contribution in [2.75, 3.05) is 0 Å². The summed E-state index contributed by atoms with van der Waals surface area (Å²) < 4.78 is 0. The van der Waals surface area contributed by atoms with Crippen LogP contribution in [0, 0.1) is 0 Å². The summed E-state index contributed by atoms with van der Waals surface area (Å²) in [6, 6.07) is 0. The molecule has 64 valence electrons. The van der Waals surface area contributed by atoms with Gasteiger partial charge in [0.05, 0.1) is 0 Å². The van der Waals surface area contributed by atoms with Gasteiger partial charge < -0.3 is 9.90 Å². The van der Waals surface area contributed by atoms with Crippen molar-refractivity contribution in [2.24, 2.45) is 0 Å². The van der Waals surface area contributed by atoms with Crippen LogP contribution in [0.3, 0.4) is 0 Å². The maximum atomic E-state index is 9.92.